The number of rotatable bonds is 4. The maximum Gasteiger partial charge on any atom is 0.0546 e. The molecule has 1 nitrogen and oxygen atoms in total. The summed E-state index contributed by atoms with van der Waals surface area (Å²) in [5, 5.41) is 7.70. The van der Waals surface area contributed by atoms with Gasteiger partial charge >= 0.3 is 0 Å². The number of para-hydroxylation sites is 1. The second-order valence-corrected chi connectivity index (χ2v) is 13.3. The van der Waals surface area contributed by atoms with Crippen molar-refractivity contribution in [3.63, 3.8) is 0 Å². The van der Waals surface area contributed by atoms with Crippen LogP contribution in [0.1, 0.15) is 43.9 Å². The van der Waals surface area contributed by atoms with Crippen LogP contribution in [0, 0.1) is 0 Å². The fraction of sp³-hybridized carbons (Fsp3) is 0.136. The van der Waals surface area contributed by atoms with Crippen molar-refractivity contribution in [2.75, 3.05) is 4.90 Å². The quantitative estimate of drug-likeness (QED) is 0.187. The lowest BCUT2D eigenvalue weighted by atomic mass is 9.85. The summed E-state index contributed by atoms with van der Waals surface area (Å²) in [6, 6.07) is 49.5. The van der Waals surface area contributed by atoms with E-state index in [2.05, 4.69) is 171 Å². The van der Waals surface area contributed by atoms with E-state index in [1.54, 1.807) is 0 Å². The van der Waals surface area contributed by atoms with Gasteiger partial charge < -0.3 is 4.90 Å². The molecule has 0 saturated heterocycles. The smallest absolute Gasteiger partial charge is 0.0546 e. The summed E-state index contributed by atoms with van der Waals surface area (Å²) in [6.45, 7) is 6.82. The zero-order valence-corrected chi connectivity index (χ0v) is 26.2. The number of nitrogens with zero attached hydrogens (tertiary/aromatic N) is 1. The molecule has 1 aliphatic rings. The molecule has 0 saturated carbocycles. The molecule has 0 amide bonds. The number of allylic oxidation sites excluding steroid dienone is 1. The molecule has 1 aliphatic carbocycles. The van der Waals surface area contributed by atoms with Crippen molar-refractivity contribution < 1.29 is 0 Å². The lowest BCUT2D eigenvalue weighted by Gasteiger charge is -2.29. The first kappa shape index (κ1) is 27.4. The molecule has 0 N–H and O–H groups in total. The molecule has 0 fully saturated rings. The molecular formula is C44H37N. The molecule has 218 valence electrons. The third-order valence-electron chi connectivity index (χ3n) is 9.45. The van der Waals surface area contributed by atoms with E-state index in [0.29, 0.717) is 0 Å². The Labute approximate surface area is 266 Å². The molecular weight excluding hydrogens is 542 g/mol. The van der Waals surface area contributed by atoms with Crippen molar-refractivity contribution in [1.82, 2.24) is 0 Å². The predicted octanol–water partition coefficient (Wildman–Crippen LogP) is 12.5. The van der Waals surface area contributed by atoms with E-state index in [1.807, 2.05) is 0 Å². The lowest BCUT2D eigenvalue weighted by molar-refractivity contribution is 0.590. The van der Waals surface area contributed by atoms with Gasteiger partial charge in [0.15, 0.2) is 0 Å². The van der Waals surface area contributed by atoms with Gasteiger partial charge in [0.1, 0.15) is 0 Å². The second-order valence-electron chi connectivity index (χ2n) is 13.3. The highest BCUT2D eigenvalue weighted by atomic mass is 15.1. The predicted molar refractivity (Wildman–Crippen MR) is 195 cm³/mol. The molecule has 1 heteroatoms. The van der Waals surface area contributed by atoms with Gasteiger partial charge in [-0.1, -0.05) is 130 Å². The summed E-state index contributed by atoms with van der Waals surface area (Å²) in [6.07, 6.45) is 6.75. The molecule has 0 heterocycles. The van der Waals surface area contributed by atoms with Gasteiger partial charge in [0.05, 0.1) is 5.69 Å². The van der Waals surface area contributed by atoms with Gasteiger partial charge in [0, 0.05) is 16.8 Å². The number of anilines is 3. The van der Waals surface area contributed by atoms with Crippen LogP contribution in [0.5, 0.6) is 0 Å². The number of hydrogen-bond donors (Lipinski definition) is 0. The summed E-state index contributed by atoms with van der Waals surface area (Å²) in [5.41, 5.74) is 10.4. The highest BCUT2D eigenvalue weighted by Gasteiger charge is 2.21. The van der Waals surface area contributed by atoms with Gasteiger partial charge in [0.2, 0.25) is 0 Å². The zero-order chi connectivity index (χ0) is 30.5. The molecule has 7 aromatic rings. The van der Waals surface area contributed by atoms with Crippen molar-refractivity contribution in [3.8, 4) is 11.1 Å². The van der Waals surface area contributed by atoms with Gasteiger partial charge in [-0.25, -0.2) is 0 Å². The molecule has 0 unspecified atom stereocenters. The molecule has 7 aromatic carbocycles. The average molecular weight is 580 g/mol. The van der Waals surface area contributed by atoms with Crippen LogP contribution in [0.3, 0.4) is 0 Å². The molecule has 8 rings (SSSR count). The van der Waals surface area contributed by atoms with E-state index in [1.165, 1.54) is 65.8 Å². The topological polar surface area (TPSA) is 3.24 Å². The Kier molecular flexibility index (Phi) is 6.57. The van der Waals surface area contributed by atoms with E-state index >= 15 is 0 Å². The third kappa shape index (κ3) is 4.71. The van der Waals surface area contributed by atoms with Crippen molar-refractivity contribution in [2.45, 2.75) is 39.0 Å². The average Bonchev–Trinajstić information content (AvgIpc) is 3.08. The largest absolute Gasteiger partial charge is 0.310 e. The third-order valence-corrected chi connectivity index (χ3v) is 9.45. The highest BCUT2D eigenvalue weighted by Crippen LogP contribution is 2.46. The molecule has 0 bridgehead atoms. The monoisotopic (exact) mass is 579 g/mol. The van der Waals surface area contributed by atoms with Gasteiger partial charge in [-0.3, -0.25) is 0 Å². The van der Waals surface area contributed by atoms with Crippen LogP contribution >= 0.6 is 0 Å². The van der Waals surface area contributed by atoms with Crippen molar-refractivity contribution in [1.29, 1.82) is 0 Å². The Morgan fingerprint density at radius 1 is 0.556 bits per heavy atom. The highest BCUT2D eigenvalue weighted by molar-refractivity contribution is 6.26. The summed E-state index contributed by atoms with van der Waals surface area (Å²) < 4.78 is 0. The normalized spacial score (nSPS) is 13.0. The van der Waals surface area contributed by atoms with Crippen LogP contribution in [-0.2, 0) is 11.8 Å². The Balaban J connectivity index is 1.45. The van der Waals surface area contributed by atoms with Gasteiger partial charge in [0.25, 0.3) is 0 Å². The minimum Gasteiger partial charge on any atom is -0.310 e. The van der Waals surface area contributed by atoms with E-state index in [0.717, 1.165) is 24.2 Å². The van der Waals surface area contributed by atoms with Gasteiger partial charge in [-0.2, -0.15) is 0 Å². The van der Waals surface area contributed by atoms with Crippen LogP contribution in [0.4, 0.5) is 17.1 Å². The summed E-state index contributed by atoms with van der Waals surface area (Å²) in [5.74, 6) is 0. The number of fused-ring (bicyclic) bond motifs is 6. The molecule has 0 atom stereocenters. The maximum absolute atomic E-state index is 2.45. The molecule has 0 spiro atoms. The van der Waals surface area contributed by atoms with Crippen molar-refractivity contribution in [2.24, 2.45) is 0 Å². The second kappa shape index (κ2) is 10.8. The van der Waals surface area contributed by atoms with Crippen molar-refractivity contribution >= 4 is 55.5 Å². The molecule has 0 aliphatic heterocycles. The van der Waals surface area contributed by atoms with E-state index in [9.17, 15) is 0 Å². The number of hydrogen-bond acceptors (Lipinski definition) is 1. The van der Waals surface area contributed by atoms with E-state index in [4.69, 9.17) is 0 Å². The van der Waals surface area contributed by atoms with Crippen LogP contribution in [-0.4, -0.2) is 0 Å². The number of benzene rings is 7. The van der Waals surface area contributed by atoms with Crippen molar-refractivity contribution in [3.05, 3.63) is 156 Å². The van der Waals surface area contributed by atoms with Crippen LogP contribution < -0.4 is 4.90 Å². The fourth-order valence-electron chi connectivity index (χ4n) is 7.21. The minimum absolute atomic E-state index is 0.0929. The van der Waals surface area contributed by atoms with Crippen LogP contribution in [0.2, 0.25) is 0 Å². The summed E-state index contributed by atoms with van der Waals surface area (Å²) in [7, 11) is 0. The Morgan fingerprint density at radius 2 is 1.20 bits per heavy atom. The molecule has 0 radical (unpaired) electrons. The maximum atomic E-state index is 2.45. The Bertz CT molecular complexity index is 2230. The Morgan fingerprint density at radius 3 is 1.93 bits per heavy atom. The lowest BCUT2D eigenvalue weighted by Crippen LogP contribution is -2.13. The van der Waals surface area contributed by atoms with Gasteiger partial charge in [-0.15, -0.1) is 0 Å². The van der Waals surface area contributed by atoms with E-state index < -0.39 is 0 Å². The first-order chi connectivity index (χ1) is 22.0. The minimum atomic E-state index is 0.0929. The standard InChI is InChI=1S/C44H37N/c1-44(2,3)32-24-26-34(27-25-32)45(33-16-5-4-6-17-33)42-29-31-28-41(36-23-13-15-30-14-7-8-18-35(30)36)37-19-9-11-21-39(37)43(31)40-22-12-10-20-38(40)42/h4-7,9-17,19-29H,8,18H2,1-3H3. The van der Waals surface area contributed by atoms with E-state index in [-0.39, 0.29) is 5.41 Å². The summed E-state index contributed by atoms with van der Waals surface area (Å²) in [4.78, 5) is 2.43. The summed E-state index contributed by atoms with van der Waals surface area (Å²) >= 11 is 0. The SMILES string of the molecule is CC(C)(C)c1ccc(N(c2ccccc2)c2cc3cc(-c4cccc5c4CCC=C5)c4ccccc4c3c3ccccc23)cc1. The van der Waals surface area contributed by atoms with Crippen LogP contribution in [0.25, 0.3) is 49.5 Å². The first-order valence-corrected chi connectivity index (χ1v) is 16.1. The fourth-order valence-corrected chi connectivity index (χ4v) is 7.21. The zero-order valence-electron chi connectivity index (χ0n) is 26.2. The molecule has 0 aromatic heterocycles. The Hall–Kier alpha value is -5.14. The molecule has 45 heavy (non-hydrogen) atoms. The first-order valence-electron chi connectivity index (χ1n) is 16.1. The van der Waals surface area contributed by atoms with Gasteiger partial charge in [-0.05, 0) is 109 Å². The van der Waals surface area contributed by atoms with Crippen LogP contribution in [0.15, 0.2) is 140 Å².